The van der Waals surface area contributed by atoms with Gasteiger partial charge in [0.05, 0.1) is 5.69 Å². The van der Waals surface area contributed by atoms with Crippen LogP contribution in [0.1, 0.15) is 5.56 Å². The van der Waals surface area contributed by atoms with E-state index in [2.05, 4.69) is 32.7 Å². The molecule has 1 aromatic carbocycles. The van der Waals surface area contributed by atoms with Crippen molar-refractivity contribution in [3.8, 4) is 5.69 Å². The van der Waals surface area contributed by atoms with Crippen LogP contribution in [0.3, 0.4) is 0 Å². The van der Waals surface area contributed by atoms with Crippen LogP contribution in [0, 0.1) is 17.8 Å². The minimum absolute atomic E-state index is 0.227. The number of piperidine rings is 1. The number of likely N-dealkylation sites (tertiary alicyclic amines) is 1. The quantitative estimate of drug-likeness (QED) is 0.602. The van der Waals surface area contributed by atoms with Crippen LogP contribution < -0.4 is 22.1 Å². The number of nitrogens with zero attached hydrogens (tertiary/aromatic N) is 4. The minimum atomic E-state index is -0.415. The summed E-state index contributed by atoms with van der Waals surface area (Å²) in [5.74, 6) is 2.68. The van der Waals surface area contributed by atoms with E-state index in [0.29, 0.717) is 13.1 Å². The number of nitrogens with one attached hydrogen (secondary N) is 2. The summed E-state index contributed by atoms with van der Waals surface area (Å²) in [5, 5.41) is 5.92. The van der Waals surface area contributed by atoms with E-state index in [1.807, 2.05) is 12.1 Å². The van der Waals surface area contributed by atoms with E-state index in [0.717, 1.165) is 56.0 Å². The highest BCUT2D eigenvalue weighted by molar-refractivity contribution is 5.88. The molecule has 1 aromatic heterocycles. The first-order valence-electron chi connectivity index (χ1n) is 11.5. The largest absolute Gasteiger partial charge is 0.354 e. The molecule has 1 aliphatic carbocycles. The maximum Gasteiger partial charge on any atom is 0.354 e. The third-order valence-electron chi connectivity index (χ3n) is 7.09. The highest BCUT2D eigenvalue weighted by Crippen LogP contribution is 2.50. The molecule has 1 saturated carbocycles. The molecule has 9 heteroatoms. The smallest absolute Gasteiger partial charge is 0.330 e. The number of nitrogens with two attached hydrogens (primary N) is 1. The summed E-state index contributed by atoms with van der Waals surface area (Å²) in [6.45, 7) is 7.09. The zero-order valence-electron chi connectivity index (χ0n) is 18.2. The first-order valence-corrected chi connectivity index (χ1v) is 11.5. The molecule has 0 bridgehead atoms. The summed E-state index contributed by atoms with van der Waals surface area (Å²) < 4.78 is 1.49. The second-order valence-corrected chi connectivity index (χ2v) is 9.04. The van der Waals surface area contributed by atoms with E-state index in [-0.39, 0.29) is 11.8 Å². The Kier molecular flexibility index (Phi) is 5.95. The van der Waals surface area contributed by atoms with Crippen LogP contribution in [0.15, 0.2) is 41.3 Å². The first-order chi connectivity index (χ1) is 15.6. The molecule has 0 spiro atoms. The van der Waals surface area contributed by atoms with Crippen molar-refractivity contribution in [3.63, 3.8) is 0 Å². The Labute approximate surface area is 187 Å². The van der Waals surface area contributed by atoms with Crippen LogP contribution in [-0.2, 0) is 6.42 Å². The summed E-state index contributed by atoms with van der Waals surface area (Å²) in [6, 6.07) is 9.47. The number of hydrogen-bond donors (Lipinski definition) is 3. The van der Waals surface area contributed by atoms with Crippen molar-refractivity contribution in [1.82, 2.24) is 24.7 Å². The first kappa shape index (κ1) is 21.1. The van der Waals surface area contributed by atoms with E-state index in [1.165, 1.54) is 23.2 Å². The number of piperazine rings is 1. The van der Waals surface area contributed by atoms with E-state index in [1.54, 1.807) is 17.2 Å². The summed E-state index contributed by atoms with van der Waals surface area (Å²) >= 11 is 0. The van der Waals surface area contributed by atoms with Crippen molar-refractivity contribution in [3.05, 3.63) is 52.6 Å². The monoisotopic (exact) mass is 437 g/mol. The topological polar surface area (TPSA) is 109 Å². The van der Waals surface area contributed by atoms with Crippen LogP contribution in [0.5, 0.6) is 0 Å². The Bertz CT molecular complexity index is 1000. The molecular weight excluding hydrogens is 406 g/mol. The van der Waals surface area contributed by atoms with Gasteiger partial charge in [0.15, 0.2) is 0 Å². The number of aromatic nitrogens is 2. The van der Waals surface area contributed by atoms with Crippen molar-refractivity contribution in [2.75, 3.05) is 57.7 Å². The lowest BCUT2D eigenvalue weighted by Gasteiger charge is -2.27. The molecule has 2 aromatic rings. The molecule has 3 aliphatic rings. The Morgan fingerprint density at radius 1 is 1.12 bits per heavy atom. The lowest BCUT2D eigenvalue weighted by atomic mass is 10.1. The van der Waals surface area contributed by atoms with E-state index in [9.17, 15) is 9.59 Å². The van der Waals surface area contributed by atoms with Gasteiger partial charge < -0.3 is 20.9 Å². The molecule has 3 fully saturated rings. The Morgan fingerprint density at radius 3 is 2.50 bits per heavy atom. The van der Waals surface area contributed by atoms with Crippen LogP contribution in [-0.4, -0.2) is 77.7 Å². The number of urea groups is 1. The van der Waals surface area contributed by atoms with Gasteiger partial charge in [-0.25, -0.2) is 9.59 Å². The Morgan fingerprint density at radius 2 is 1.84 bits per heavy atom. The van der Waals surface area contributed by atoms with Crippen molar-refractivity contribution < 1.29 is 4.79 Å². The van der Waals surface area contributed by atoms with Gasteiger partial charge in [0.25, 0.3) is 0 Å². The Hall–Kier alpha value is -2.75. The van der Waals surface area contributed by atoms with Crippen molar-refractivity contribution in [1.29, 1.82) is 0 Å². The highest BCUT2D eigenvalue weighted by Gasteiger charge is 2.54. The highest BCUT2D eigenvalue weighted by atomic mass is 16.2. The minimum Gasteiger partial charge on any atom is -0.330 e. The van der Waals surface area contributed by atoms with Crippen LogP contribution >= 0.6 is 0 Å². The third kappa shape index (κ3) is 4.41. The lowest BCUT2D eigenvalue weighted by molar-refractivity contribution is 0.204. The molecule has 170 valence electrons. The average molecular weight is 438 g/mol. The standard InChI is InChI=1S/C23H31N7O2/c24-13-18-19-14-28(15-20(18)19)9-5-16-1-3-17(4-2-16)30-10-6-21(27-23(30)32)26-22(31)29-11-7-25-8-12-29/h1-4,6,10,18-20,25H,5,7-9,11-15,24H2,(H,26,27,31,32)/t18?,19-,20+. The number of carbonyl (C=O) groups is 1. The molecule has 2 aliphatic heterocycles. The number of rotatable bonds is 6. The van der Waals surface area contributed by atoms with Gasteiger partial charge in [-0.3, -0.25) is 9.88 Å². The van der Waals surface area contributed by atoms with Gasteiger partial charge in [-0.2, -0.15) is 4.98 Å². The van der Waals surface area contributed by atoms with Crippen molar-refractivity contribution in [2.24, 2.45) is 23.5 Å². The molecular formula is C23H31N7O2. The maximum absolute atomic E-state index is 12.5. The van der Waals surface area contributed by atoms with Gasteiger partial charge in [0.1, 0.15) is 5.82 Å². The molecule has 2 amide bonds. The third-order valence-corrected chi connectivity index (χ3v) is 7.09. The van der Waals surface area contributed by atoms with Crippen molar-refractivity contribution >= 4 is 11.8 Å². The van der Waals surface area contributed by atoms with E-state index in [4.69, 9.17) is 5.73 Å². The zero-order valence-corrected chi connectivity index (χ0v) is 18.2. The Balaban J connectivity index is 1.16. The second kappa shape index (κ2) is 9.01. The van der Waals surface area contributed by atoms with Gasteiger partial charge in [0.2, 0.25) is 0 Å². The molecule has 0 radical (unpaired) electrons. The van der Waals surface area contributed by atoms with Crippen molar-refractivity contribution in [2.45, 2.75) is 6.42 Å². The van der Waals surface area contributed by atoms with Gasteiger partial charge >= 0.3 is 11.7 Å². The normalized spacial score (nSPS) is 24.9. The predicted molar refractivity (Wildman–Crippen MR) is 123 cm³/mol. The molecule has 4 N–H and O–H groups in total. The molecule has 32 heavy (non-hydrogen) atoms. The second-order valence-electron chi connectivity index (χ2n) is 9.04. The maximum atomic E-state index is 12.5. The molecule has 2 saturated heterocycles. The molecule has 1 unspecified atom stereocenters. The van der Waals surface area contributed by atoms with E-state index >= 15 is 0 Å². The summed E-state index contributed by atoms with van der Waals surface area (Å²) in [5.41, 5.74) is 7.40. The van der Waals surface area contributed by atoms with Gasteiger partial charge in [-0.05, 0) is 54.5 Å². The fourth-order valence-electron chi connectivity index (χ4n) is 5.11. The van der Waals surface area contributed by atoms with E-state index < -0.39 is 5.69 Å². The van der Waals surface area contributed by atoms with Crippen LogP contribution in [0.2, 0.25) is 0 Å². The molecule has 3 atom stereocenters. The molecule has 9 nitrogen and oxygen atoms in total. The summed E-state index contributed by atoms with van der Waals surface area (Å²) in [7, 11) is 0. The van der Waals surface area contributed by atoms with Crippen LogP contribution in [0.4, 0.5) is 10.6 Å². The van der Waals surface area contributed by atoms with Gasteiger partial charge in [-0.1, -0.05) is 12.1 Å². The number of carbonyl (C=O) groups excluding carboxylic acids is 1. The average Bonchev–Trinajstić information content (AvgIpc) is 3.30. The zero-order chi connectivity index (χ0) is 22.1. The van der Waals surface area contributed by atoms with Gasteiger partial charge in [-0.15, -0.1) is 0 Å². The summed E-state index contributed by atoms with van der Waals surface area (Å²) in [6.07, 6.45) is 2.65. The number of benzene rings is 1. The predicted octanol–water partition coefficient (Wildman–Crippen LogP) is 0.349. The van der Waals surface area contributed by atoms with Crippen LogP contribution in [0.25, 0.3) is 5.69 Å². The van der Waals surface area contributed by atoms with Gasteiger partial charge in [0, 0.05) is 52.0 Å². The number of fused-ring (bicyclic) bond motifs is 1. The molecule has 3 heterocycles. The summed E-state index contributed by atoms with van der Waals surface area (Å²) in [4.78, 5) is 33.1. The number of amides is 2. The SMILES string of the molecule is NCC1[C@H]2CN(CCc3ccc(-n4ccc(NC(=O)N5CCNCC5)nc4=O)cc3)C[C@@H]12. The number of anilines is 1. The molecule has 5 rings (SSSR count). The lowest BCUT2D eigenvalue weighted by Crippen LogP contribution is -2.48. The fourth-order valence-corrected chi connectivity index (χ4v) is 5.11. The number of hydrogen-bond acceptors (Lipinski definition) is 6. The fraction of sp³-hybridized carbons (Fsp3) is 0.522.